The highest BCUT2D eigenvalue weighted by atomic mass is 15.2. The van der Waals surface area contributed by atoms with Crippen molar-refractivity contribution in [2.45, 2.75) is 38.5 Å². The molecule has 8 aromatic carbocycles. The van der Waals surface area contributed by atoms with Crippen molar-refractivity contribution in [2.75, 3.05) is 4.90 Å². The third-order valence-corrected chi connectivity index (χ3v) is 12.8. The van der Waals surface area contributed by atoms with Crippen molar-refractivity contribution in [1.82, 2.24) is 4.57 Å². The van der Waals surface area contributed by atoms with Crippen molar-refractivity contribution in [1.29, 1.82) is 0 Å². The van der Waals surface area contributed by atoms with Gasteiger partial charge in [0.1, 0.15) is 0 Å². The highest BCUT2D eigenvalue weighted by molar-refractivity contribution is 6.11. The molecule has 2 nitrogen and oxygen atoms in total. The summed E-state index contributed by atoms with van der Waals surface area (Å²) in [5.74, 6) is 0. The Bertz CT molecular complexity index is 3030. The molecule has 0 saturated carbocycles. The Balaban J connectivity index is 1.22. The maximum absolute atomic E-state index is 2.56. The molecule has 0 bridgehead atoms. The van der Waals surface area contributed by atoms with Crippen molar-refractivity contribution >= 4 is 38.9 Å². The summed E-state index contributed by atoms with van der Waals surface area (Å²) < 4.78 is 2.40. The zero-order valence-electron chi connectivity index (χ0n) is 32.2. The summed E-state index contributed by atoms with van der Waals surface area (Å²) in [5.41, 5.74) is 20.0. The summed E-state index contributed by atoms with van der Waals surface area (Å²) in [6.45, 7) is 9.53. The number of hydrogen-bond acceptors (Lipinski definition) is 1. The monoisotopic (exact) mass is 718 g/mol. The maximum atomic E-state index is 2.56. The number of hydrogen-bond donors (Lipinski definition) is 0. The predicted molar refractivity (Wildman–Crippen MR) is 236 cm³/mol. The Hall–Kier alpha value is -6.64. The van der Waals surface area contributed by atoms with Crippen LogP contribution in [0.4, 0.5) is 17.1 Å². The zero-order valence-corrected chi connectivity index (χ0v) is 32.2. The minimum Gasteiger partial charge on any atom is -0.310 e. The van der Waals surface area contributed by atoms with E-state index in [1.807, 2.05) is 0 Å². The van der Waals surface area contributed by atoms with Crippen molar-refractivity contribution in [2.24, 2.45) is 0 Å². The second kappa shape index (κ2) is 11.9. The summed E-state index contributed by atoms with van der Waals surface area (Å²) in [5, 5.41) is 2.48. The molecule has 9 aromatic rings. The van der Waals surface area contributed by atoms with E-state index >= 15 is 0 Å². The largest absolute Gasteiger partial charge is 0.310 e. The predicted octanol–water partition coefficient (Wildman–Crippen LogP) is 14.5. The van der Waals surface area contributed by atoms with Gasteiger partial charge in [-0.1, -0.05) is 161 Å². The van der Waals surface area contributed by atoms with E-state index in [0.29, 0.717) is 0 Å². The topological polar surface area (TPSA) is 8.17 Å². The number of aromatic nitrogens is 1. The van der Waals surface area contributed by atoms with E-state index in [-0.39, 0.29) is 10.8 Å². The van der Waals surface area contributed by atoms with Crippen molar-refractivity contribution in [3.63, 3.8) is 0 Å². The summed E-state index contributed by atoms with van der Waals surface area (Å²) in [7, 11) is 0. The lowest BCUT2D eigenvalue weighted by atomic mass is 9.81. The molecule has 0 saturated heterocycles. The molecule has 0 aliphatic heterocycles. The number of benzene rings is 8. The quantitative estimate of drug-likeness (QED) is 0.172. The third kappa shape index (κ3) is 4.50. The highest BCUT2D eigenvalue weighted by Gasteiger charge is 2.40. The lowest BCUT2D eigenvalue weighted by Crippen LogP contribution is -2.21. The molecule has 0 radical (unpaired) electrons. The van der Waals surface area contributed by atoms with Gasteiger partial charge in [-0.3, -0.25) is 0 Å². The van der Waals surface area contributed by atoms with E-state index in [1.165, 1.54) is 83.1 Å². The molecule has 1 aromatic heterocycles. The lowest BCUT2D eigenvalue weighted by molar-refractivity contribution is 0.660. The minimum atomic E-state index is -0.208. The molecule has 2 aliphatic carbocycles. The lowest BCUT2D eigenvalue weighted by Gasteiger charge is -2.33. The molecule has 0 atom stereocenters. The first-order valence-electron chi connectivity index (χ1n) is 19.8. The number of fused-ring (bicyclic) bond motifs is 9. The Morgan fingerprint density at radius 2 is 0.964 bits per heavy atom. The van der Waals surface area contributed by atoms with E-state index in [2.05, 4.69) is 219 Å². The van der Waals surface area contributed by atoms with Gasteiger partial charge in [-0.2, -0.15) is 0 Å². The van der Waals surface area contributed by atoms with Crippen LogP contribution in [0, 0.1) is 0 Å². The summed E-state index contributed by atoms with van der Waals surface area (Å²) in [4.78, 5) is 2.56. The molecule has 1 heterocycles. The molecule has 11 rings (SSSR count). The Morgan fingerprint density at radius 3 is 1.79 bits per heavy atom. The molecule has 0 fully saturated rings. The van der Waals surface area contributed by atoms with Crippen LogP contribution in [0.5, 0.6) is 0 Å². The Labute approximate surface area is 328 Å². The normalized spacial score (nSPS) is 14.4. The molecular weight excluding hydrogens is 677 g/mol. The molecule has 2 heteroatoms. The van der Waals surface area contributed by atoms with E-state index in [9.17, 15) is 0 Å². The molecule has 0 spiro atoms. The Kier molecular flexibility index (Phi) is 6.98. The van der Waals surface area contributed by atoms with Crippen molar-refractivity contribution in [3.8, 4) is 39.1 Å². The number of nitrogens with zero attached hydrogens (tertiary/aromatic N) is 2. The molecule has 0 amide bonds. The van der Waals surface area contributed by atoms with Crippen molar-refractivity contribution in [3.05, 3.63) is 204 Å². The van der Waals surface area contributed by atoms with Crippen LogP contribution in [0.1, 0.15) is 49.9 Å². The van der Waals surface area contributed by atoms with Crippen LogP contribution >= 0.6 is 0 Å². The van der Waals surface area contributed by atoms with Crippen LogP contribution in [-0.2, 0) is 10.8 Å². The fourth-order valence-electron chi connectivity index (χ4n) is 10.2. The number of anilines is 3. The smallest absolute Gasteiger partial charge is 0.0542 e. The highest BCUT2D eigenvalue weighted by Crippen LogP contribution is 2.57. The van der Waals surface area contributed by atoms with Gasteiger partial charge in [0.05, 0.1) is 22.4 Å². The van der Waals surface area contributed by atoms with Gasteiger partial charge in [0.15, 0.2) is 0 Å². The molecular formula is C54H42N2. The van der Waals surface area contributed by atoms with E-state index in [4.69, 9.17) is 0 Å². The van der Waals surface area contributed by atoms with Gasteiger partial charge in [-0.05, 0) is 98.6 Å². The average Bonchev–Trinajstić information content (AvgIpc) is 3.79. The third-order valence-electron chi connectivity index (χ3n) is 12.8. The maximum Gasteiger partial charge on any atom is 0.0542 e. The van der Waals surface area contributed by atoms with E-state index < -0.39 is 0 Å². The minimum absolute atomic E-state index is 0.0926. The molecule has 2 aliphatic rings. The van der Waals surface area contributed by atoms with Gasteiger partial charge < -0.3 is 9.47 Å². The molecule has 0 unspecified atom stereocenters. The second-order valence-corrected chi connectivity index (χ2v) is 16.5. The van der Waals surface area contributed by atoms with Gasteiger partial charge in [0.25, 0.3) is 0 Å². The Morgan fingerprint density at radius 1 is 0.393 bits per heavy atom. The number of para-hydroxylation sites is 3. The second-order valence-electron chi connectivity index (χ2n) is 16.5. The van der Waals surface area contributed by atoms with Gasteiger partial charge in [0, 0.05) is 38.5 Å². The fraction of sp³-hybridized carbons (Fsp3) is 0.111. The zero-order chi connectivity index (χ0) is 37.8. The SMILES string of the molecule is CC1(C)c2ccccc2-c2c(-c3ccccc3N(c3ccc4c(c3)c3ccccc3n4-c3ccccc3)c3cccc4c3C(C)(C)c3ccccc3-4)cccc21. The van der Waals surface area contributed by atoms with Gasteiger partial charge >= 0.3 is 0 Å². The molecule has 0 N–H and O–H groups in total. The van der Waals surface area contributed by atoms with Crippen LogP contribution in [0.15, 0.2) is 182 Å². The summed E-state index contributed by atoms with van der Waals surface area (Å²) in [6, 6.07) is 67.5. The number of rotatable bonds is 5. The summed E-state index contributed by atoms with van der Waals surface area (Å²) in [6.07, 6.45) is 0. The van der Waals surface area contributed by atoms with Gasteiger partial charge in [-0.15, -0.1) is 0 Å². The van der Waals surface area contributed by atoms with Crippen LogP contribution in [0.3, 0.4) is 0 Å². The van der Waals surface area contributed by atoms with Crippen molar-refractivity contribution < 1.29 is 0 Å². The van der Waals surface area contributed by atoms with Crippen LogP contribution in [0.2, 0.25) is 0 Å². The standard InChI is InChI=1S/C54H42N2/c1-53(2)45-27-13-9-23-42(45)51-40(24-16-28-46(51)53)38-21-10-14-29-47(38)56(50-31-17-25-41-37-20-8-12-26-44(37)54(3,4)52(41)50)36-32-33-49-43(34-36)39-22-11-15-30-48(39)55(49)35-18-6-5-7-19-35/h5-34H,1-4H3. The van der Waals surface area contributed by atoms with Gasteiger partial charge in [0.2, 0.25) is 0 Å². The van der Waals surface area contributed by atoms with Crippen LogP contribution < -0.4 is 4.90 Å². The first kappa shape index (κ1) is 32.8. The van der Waals surface area contributed by atoms with E-state index in [0.717, 1.165) is 17.1 Å². The fourth-order valence-corrected chi connectivity index (χ4v) is 10.2. The first-order chi connectivity index (χ1) is 27.3. The molecule has 268 valence electrons. The molecule has 56 heavy (non-hydrogen) atoms. The average molecular weight is 719 g/mol. The first-order valence-corrected chi connectivity index (χ1v) is 19.8. The van der Waals surface area contributed by atoms with Crippen LogP contribution in [-0.4, -0.2) is 4.57 Å². The van der Waals surface area contributed by atoms with Gasteiger partial charge in [-0.25, -0.2) is 0 Å². The summed E-state index contributed by atoms with van der Waals surface area (Å²) >= 11 is 0. The van der Waals surface area contributed by atoms with E-state index in [1.54, 1.807) is 0 Å². The van der Waals surface area contributed by atoms with Crippen LogP contribution in [0.25, 0.3) is 60.9 Å².